The number of nitrogens with one attached hydrogen (secondary N) is 1. The Hall–Kier alpha value is -0.0900. The standard InChI is InChI=1S/C15H21BrN2.ClH/c16-15-5-1-4-13-6-8-18(11-14(13)15)10-12-3-2-7-17-9-12;/h1,4-5,12,17H,2-3,6-11H2;1H. The van der Waals surface area contributed by atoms with E-state index >= 15 is 0 Å². The molecule has 0 aliphatic carbocycles. The van der Waals surface area contributed by atoms with Crippen LogP contribution in [0.1, 0.15) is 24.0 Å². The molecule has 1 fully saturated rings. The van der Waals surface area contributed by atoms with Crippen molar-refractivity contribution in [1.82, 2.24) is 10.2 Å². The zero-order valence-electron chi connectivity index (χ0n) is 11.2. The van der Waals surface area contributed by atoms with Gasteiger partial charge in [-0.2, -0.15) is 0 Å². The van der Waals surface area contributed by atoms with Gasteiger partial charge in [-0.15, -0.1) is 12.4 Å². The van der Waals surface area contributed by atoms with Crippen molar-refractivity contribution in [1.29, 1.82) is 0 Å². The van der Waals surface area contributed by atoms with Crippen LogP contribution in [0.15, 0.2) is 22.7 Å². The van der Waals surface area contributed by atoms with E-state index in [9.17, 15) is 0 Å². The first-order chi connectivity index (χ1) is 8.83. The van der Waals surface area contributed by atoms with Crippen LogP contribution in [0.25, 0.3) is 0 Å². The van der Waals surface area contributed by atoms with Crippen molar-refractivity contribution in [2.45, 2.75) is 25.8 Å². The highest BCUT2D eigenvalue weighted by Crippen LogP contribution is 2.27. The molecule has 1 aromatic rings. The highest BCUT2D eigenvalue weighted by molar-refractivity contribution is 9.10. The van der Waals surface area contributed by atoms with Crippen molar-refractivity contribution in [3.63, 3.8) is 0 Å². The zero-order valence-corrected chi connectivity index (χ0v) is 13.6. The van der Waals surface area contributed by atoms with Gasteiger partial charge in [0.15, 0.2) is 0 Å². The summed E-state index contributed by atoms with van der Waals surface area (Å²) in [6, 6.07) is 6.60. The number of piperidine rings is 1. The minimum atomic E-state index is 0. The van der Waals surface area contributed by atoms with Gasteiger partial charge in [-0.25, -0.2) is 0 Å². The highest BCUT2D eigenvalue weighted by atomic mass is 79.9. The second-order valence-corrected chi connectivity index (χ2v) is 6.43. The van der Waals surface area contributed by atoms with Gasteiger partial charge >= 0.3 is 0 Å². The maximum Gasteiger partial charge on any atom is 0.0247 e. The first-order valence-corrected chi connectivity index (χ1v) is 7.81. The average Bonchev–Trinajstić information content (AvgIpc) is 2.41. The number of rotatable bonds is 2. The summed E-state index contributed by atoms with van der Waals surface area (Å²) < 4.78 is 1.28. The van der Waals surface area contributed by atoms with Crippen molar-refractivity contribution in [2.24, 2.45) is 5.92 Å². The number of fused-ring (bicyclic) bond motifs is 1. The third kappa shape index (κ3) is 3.72. The van der Waals surface area contributed by atoms with Crippen molar-refractivity contribution < 1.29 is 0 Å². The molecule has 19 heavy (non-hydrogen) atoms. The second-order valence-electron chi connectivity index (χ2n) is 5.58. The van der Waals surface area contributed by atoms with Gasteiger partial charge in [-0.05, 0) is 55.5 Å². The third-order valence-electron chi connectivity index (χ3n) is 4.21. The summed E-state index contributed by atoms with van der Waals surface area (Å²) in [6.07, 6.45) is 3.94. The van der Waals surface area contributed by atoms with Crippen LogP contribution in [0, 0.1) is 5.92 Å². The minimum absolute atomic E-state index is 0. The van der Waals surface area contributed by atoms with E-state index < -0.39 is 0 Å². The molecule has 1 N–H and O–H groups in total. The minimum Gasteiger partial charge on any atom is -0.316 e. The Morgan fingerprint density at radius 2 is 2.26 bits per heavy atom. The van der Waals surface area contributed by atoms with Gasteiger partial charge in [0, 0.05) is 24.1 Å². The Bertz CT molecular complexity index is 419. The van der Waals surface area contributed by atoms with E-state index in [2.05, 4.69) is 44.3 Å². The van der Waals surface area contributed by atoms with Crippen LogP contribution in [0.2, 0.25) is 0 Å². The van der Waals surface area contributed by atoms with Crippen molar-refractivity contribution in [3.8, 4) is 0 Å². The second kappa shape index (κ2) is 7.07. The molecule has 4 heteroatoms. The first-order valence-electron chi connectivity index (χ1n) is 7.02. The van der Waals surface area contributed by atoms with E-state index in [0.29, 0.717) is 0 Å². The van der Waals surface area contributed by atoms with Crippen molar-refractivity contribution in [2.75, 3.05) is 26.2 Å². The molecule has 0 spiro atoms. The van der Waals surface area contributed by atoms with Crippen LogP contribution in [0.4, 0.5) is 0 Å². The molecule has 0 aromatic heterocycles. The Balaban J connectivity index is 0.00000133. The molecule has 106 valence electrons. The van der Waals surface area contributed by atoms with E-state index in [1.165, 1.54) is 61.0 Å². The van der Waals surface area contributed by atoms with Crippen LogP contribution in [-0.2, 0) is 13.0 Å². The molecule has 0 saturated carbocycles. The summed E-state index contributed by atoms with van der Waals surface area (Å²) in [4.78, 5) is 2.63. The Morgan fingerprint density at radius 3 is 3.05 bits per heavy atom. The molecular formula is C15H22BrClN2. The van der Waals surface area contributed by atoms with E-state index in [0.717, 1.165) is 12.5 Å². The highest BCUT2D eigenvalue weighted by Gasteiger charge is 2.21. The molecule has 1 aromatic carbocycles. The largest absolute Gasteiger partial charge is 0.316 e. The molecular weight excluding hydrogens is 324 g/mol. The first kappa shape index (κ1) is 15.3. The van der Waals surface area contributed by atoms with Crippen molar-refractivity contribution in [3.05, 3.63) is 33.8 Å². The maximum absolute atomic E-state index is 3.70. The van der Waals surface area contributed by atoms with E-state index in [1.807, 2.05) is 0 Å². The molecule has 0 bridgehead atoms. The lowest BCUT2D eigenvalue weighted by Gasteiger charge is -2.34. The topological polar surface area (TPSA) is 15.3 Å². The number of hydrogen-bond donors (Lipinski definition) is 1. The lowest BCUT2D eigenvalue weighted by molar-refractivity contribution is 0.193. The average molecular weight is 346 g/mol. The summed E-state index contributed by atoms with van der Waals surface area (Å²) in [5.41, 5.74) is 3.04. The predicted molar refractivity (Wildman–Crippen MR) is 86.0 cm³/mol. The molecule has 2 nitrogen and oxygen atoms in total. The number of nitrogens with zero attached hydrogens (tertiary/aromatic N) is 1. The number of hydrogen-bond acceptors (Lipinski definition) is 2. The molecule has 1 saturated heterocycles. The van der Waals surface area contributed by atoms with Crippen molar-refractivity contribution >= 4 is 28.3 Å². The van der Waals surface area contributed by atoms with E-state index in [-0.39, 0.29) is 12.4 Å². The van der Waals surface area contributed by atoms with Gasteiger partial charge in [0.2, 0.25) is 0 Å². The van der Waals surface area contributed by atoms with E-state index in [1.54, 1.807) is 0 Å². The normalized spacial score (nSPS) is 23.5. The predicted octanol–water partition coefficient (Wildman–Crippen LogP) is 3.23. The molecule has 2 heterocycles. The lowest BCUT2D eigenvalue weighted by Crippen LogP contribution is -2.40. The quantitative estimate of drug-likeness (QED) is 0.885. The van der Waals surface area contributed by atoms with Gasteiger partial charge in [-0.1, -0.05) is 28.1 Å². The molecule has 0 amide bonds. The molecule has 0 radical (unpaired) electrons. The smallest absolute Gasteiger partial charge is 0.0247 e. The molecule has 2 aliphatic heterocycles. The molecule has 1 unspecified atom stereocenters. The maximum atomic E-state index is 3.70. The van der Waals surface area contributed by atoms with Gasteiger partial charge < -0.3 is 5.32 Å². The van der Waals surface area contributed by atoms with Crippen LogP contribution >= 0.6 is 28.3 Å². The fraction of sp³-hybridized carbons (Fsp3) is 0.600. The van der Waals surface area contributed by atoms with Crippen LogP contribution in [0.3, 0.4) is 0 Å². The third-order valence-corrected chi connectivity index (χ3v) is 4.95. The van der Waals surface area contributed by atoms with E-state index in [4.69, 9.17) is 0 Å². The molecule has 2 aliphatic rings. The fourth-order valence-electron chi connectivity index (χ4n) is 3.20. The van der Waals surface area contributed by atoms with Crippen LogP contribution < -0.4 is 5.32 Å². The summed E-state index contributed by atoms with van der Waals surface area (Å²) in [5.74, 6) is 0.850. The Labute approximate surface area is 130 Å². The summed E-state index contributed by atoms with van der Waals surface area (Å²) >= 11 is 3.70. The summed E-state index contributed by atoms with van der Waals surface area (Å²) in [7, 11) is 0. The van der Waals surface area contributed by atoms with Gasteiger partial charge in [0.25, 0.3) is 0 Å². The van der Waals surface area contributed by atoms with Crippen LogP contribution in [-0.4, -0.2) is 31.1 Å². The lowest BCUT2D eigenvalue weighted by atomic mass is 9.95. The Morgan fingerprint density at radius 1 is 1.37 bits per heavy atom. The van der Waals surface area contributed by atoms with Gasteiger partial charge in [0.1, 0.15) is 0 Å². The van der Waals surface area contributed by atoms with Crippen LogP contribution in [0.5, 0.6) is 0 Å². The Kier molecular flexibility index (Phi) is 5.70. The SMILES string of the molecule is Brc1cccc2c1CN(CC1CCCNC1)CC2.Cl. The number of halogens is 2. The number of benzene rings is 1. The van der Waals surface area contributed by atoms with Gasteiger partial charge in [0.05, 0.1) is 0 Å². The zero-order chi connectivity index (χ0) is 12.4. The van der Waals surface area contributed by atoms with Gasteiger partial charge in [-0.3, -0.25) is 4.90 Å². The molecule has 3 rings (SSSR count). The fourth-order valence-corrected chi connectivity index (χ4v) is 3.73. The summed E-state index contributed by atoms with van der Waals surface area (Å²) in [5, 5.41) is 3.52. The monoisotopic (exact) mass is 344 g/mol. The molecule has 1 atom stereocenters. The summed E-state index contributed by atoms with van der Waals surface area (Å²) in [6.45, 7) is 6.02.